The van der Waals surface area contributed by atoms with Gasteiger partial charge in [-0.25, -0.2) is 9.18 Å². The molecule has 1 saturated heterocycles. The van der Waals surface area contributed by atoms with E-state index >= 15 is 0 Å². The lowest BCUT2D eigenvalue weighted by molar-refractivity contribution is 0.153. The van der Waals surface area contributed by atoms with Crippen LogP contribution >= 0.6 is 15.9 Å². The van der Waals surface area contributed by atoms with E-state index < -0.39 is 0 Å². The average Bonchev–Trinajstić information content (AvgIpc) is 2.85. The third-order valence-corrected chi connectivity index (χ3v) is 4.69. The molecule has 2 aromatic rings. The number of hydrogen-bond donors (Lipinski definition) is 0. The third-order valence-electron chi connectivity index (χ3n) is 4.20. The molecule has 1 aliphatic rings. The van der Waals surface area contributed by atoms with Crippen LogP contribution in [0.4, 0.5) is 9.18 Å². The molecule has 0 N–H and O–H groups in total. The predicted molar refractivity (Wildman–Crippen MR) is 98.0 cm³/mol. The predicted octanol–water partition coefficient (Wildman–Crippen LogP) is 4.29. The summed E-state index contributed by atoms with van der Waals surface area (Å²) in [5.74, 6) is 0.345. The molecule has 1 heterocycles. The number of nitrogens with zero attached hydrogens (tertiary/aromatic N) is 2. The number of benzene rings is 2. The van der Waals surface area contributed by atoms with Gasteiger partial charge in [0.05, 0.1) is 0 Å². The summed E-state index contributed by atoms with van der Waals surface area (Å²) in [5.41, 5.74) is 0.662. The molecule has 0 saturated carbocycles. The topological polar surface area (TPSA) is 32.8 Å². The fourth-order valence-electron chi connectivity index (χ4n) is 2.87. The molecule has 1 aliphatic heterocycles. The molecule has 132 valence electrons. The molecular formula is C19H20BrFN2O2. The summed E-state index contributed by atoms with van der Waals surface area (Å²) < 4.78 is 20.2. The van der Waals surface area contributed by atoms with E-state index in [1.165, 1.54) is 6.07 Å². The SMILES string of the molecule is O=C(Oc1ccccc1)N1CCCN(Cc2cc(Br)ccc2F)CC1. The lowest BCUT2D eigenvalue weighted by atomic mass is 10.2. The molecule has 3 rings (SSSR count). The van der Waals surface area contributed by atoms with Gasteiger partial charge >= 0.3 is 6.09 Å². The highest BCUT2D eigenvalue weighted by Gasteiger charge is 2.21. The second-order valence-electron chi connectivity index (χ2n) is 6.03. The van der Waals surface area contributed by atoms with Crippen LogP contribution in [0.2, 0.25) is 0 Å². The first-order valence-electron chi connectivity index (χ1n) is 8.30. The Morgan fingerprint density at radius 3 is 2.68 bits per heavy atom. The van der Waals surface area contributed by atoms with Crippen LogP contribution in [-0.4, -0.2) is 42.1 Å². The van der Waals surface area contributed by atoms with Gasteiger partial charge in [0.15, 0.2) is 0 Å². The summed E-state index contributed by atoms with van der Waals surface area (Å²) in [4.78, 5) is 16.2. The molecular weight excluding hydrogens is 387 g/mol. The van der Waals surface area contributed by atoms with Gasteiger partial charge in [0.25, 0.3) is 0 Å². The molecule has 4 nitrogen and oxygen atoms in total. The molecule has 0 spiro atoms. The van der Waals surface area contributed by atoms with Crippen molar-refractivity contribution in [3.05, 3.63) is 64.4 Å². The number of halogens is 2. The number of rotatable bonds is 3. The standard InChI is InChI=1S/C19H20BrFN2O2/c20-16-7-8-18(21)15(13-16)14-22-9-4-10-23(12-11-22)19(24)25-17-5-2-1-3-6-17/h1-3,5-8,13H,4,9-12,14H2. The van der Waals surface area contributed by atoms with Crippen molar-refractivity contribution in [3.63, 3.8) is 0 Å². The van der Waals surface area contributed by atoms with Gasteiger partial charge in [-0.1, -0.05) is 34.1 Å². The van der Waals surface area contributed by atoms with Gasteiger partial charge in [-0.2, -0.15) is 0 Å². The number of para-hydroxylation sites is 1. The highest BCUT2D eigenvalue weighted by Crippen LogP contribution is 2.18. The van der Waals surface area contributed by atoms with E-state index in [1.54, 1.807) is 23.1 Å². The molecule has 2 aromatic carbocycles. The van der Waals surface area contributed by atoms with E-state index in [9.17, 15) is 9.18 Å². The normalized spacial score (nSPS) is 15.7. The summed E-state index contributed by atoms with van der Waals surface area (Å²) >= 11 is 3.38. The Labute approximate surface area is 155 Å². The minimum Gasteiger partial charge on any atom is -0.410 e. The zero-order valence-electron chi connectivity index (χ0n) is 13.8. The minimum atomic E-state index is -0.332. The zero-order valence-corrected chi connectivity index (χ0v) is 15.4. The van der Waals surface area contributed by atoms with Gasteiger partial charge in [-0.3, -0.25) is 4.90 Å². The Balaban J connectivity index is 1.57. The fourth-order valence-corrected chi connectivity index (χ4v) is 3.28. The monoisotopic (exact) mass is 406 g/mol. The van der Waals surface area contributed by atoms with Crippen LogP contribution in [-0.2, 0) is 6.54 Å². The third kappa shape index (κ3) is 5.03. The minimum absolute atomic E-state index is 0.201. The lowest BCUT2D eigenvalue weighted by Crippen LogP contribution is -2.37. The Kier molecular flexibility index (Phi) is 6.04. The van der Waals surface area contributed by atoms with Gasteiger partial charge in [0.2, 0.25) is 0 Å². The van der Waals surface area contributed by atoms with Crippen LogP contribution < -0.4 is 4.74 Å². The van der Waals surface area contributed by atoms with Crippen LogP contribution in [0.15, 0.2) is 53.0 Å². The van der Waals surface area contributed by atoms with Crippen molar-refractivity contribution in [2.24, 2.45) is 0 Å². The number of amides is 1. The van der Waals surface area contributed by atoms with Crippen LogP contribution in [0.25, 0.3) is 0 Å². The smallest absolute Gasteiger partial charge is 0.410 e. The van der Waals surface area contributed by atoms with Crippen molar-refractivity contribution in [3.8, 4) is 5.75 Å². The van der Waals surface area contributed by atoms with Crippen molar-refractivity contribution in [1.82, 2.24) is 9.80 Å². The van der Waals surface area contributed by atoms with Gasteiger partial charge in [0.1, 0.15) is 11.6 Å². The number of ether oxygens (including phenoxy) is 1. The maximum Gasteiger partial charge on any atom is 0.415 e. The van der Waals surface area contributed by atoms with Crippen LogP contribution in [0, 0.1) is 5.82 Å². The maximum atomic E-state index is 13.9. The highest BCUT2D eigenvalue weighted by molar-refractivity contribution is 9.10. The van der Waals surface area contributed by atoms with Crippen molar-refractivity contribution in [1.29, 1.82) is 0 Å². The molecule has 25 heavy (non-hydrogen) atoms. The Morgan fingerprint density at radius 2 is 1.88 bits per heavy atom. The summed E-state index contributed by atoms with van der Waals surface area (Å²) in [5, 5.41) is 0. The number of carbonyl (C=O) groups excluding carboxylic acids is 1. The summed E-state index contributed by atoms with van der Waals surface area (Å²) in [6, 6.07) is 14.0. The summed E-state index contributed by atoms with van der Waals surface area (Å²) in [6.07, 6.45) is 0.501. The maximum absolute atomic E-state index is 13.9. The molecule has 0 aliphatic carbocycles. The van der Waals surface area contributed by atoms with E-state index in [-0.39, 0.29) is 11.9 Å². The molecule has 1 fully saturated rings. The first-order valence-corrected chi connectivity index (χ1v) is 9.09. The zero-order chi connectivity index (χ0) is 17.6. The summed E-state index contributed by atoms with van der Waals surface area (Å²) in [7, 11) is 0. The molecule has 0 bridgehead atoms. The largest absolute Gasteiger partial charge is 0.415 e. The molecule has 0 unspecified atom stereocenters. The molecule has 1 amide bonds. The lowest BCUT2D eigenvalue weighted by Gasteiger charge is -2.22. The molecule has 0 atom stereocenters. The average molecular weight is 407 g/mol. The quantitative estimate of drug-likeness (QED) is 0.761. The van der Waals surface area contributed by atoms with Crippen LogP contribution in [0.5, 0.6) is 5.75 Å². The van der Waals surface area contributed by atoms with Crippen molar-refractivity contribution >= 4 is 22.0 Å². The van der Waals surface area contributed by atoms with E-state index in [4.69, 9.17) is 4.74 Å². The van der Waals surface area contributed by atoms with E-state index in [0.29, 0.717) is 37.5 Å². The summed E-state index contributed by atoms with van der Waals surface area (Å²) in [6.45, 7) is 3.26. The fraction of sp³-hybridized carbons (Fsp3) is 0.316. The van der Waals surface area contributed by atoms with Crippen molar-refractivity contribution < 1.29 is 13.9 Å². The van der Waals surface area contributed by atoms with Crippen LogP contribution in [0.3, 0.4) is 0 Å². The molecule has 0 aromatic heterocycles. The van der Waals surface area contributed by atoms with E-state index in [0.717, 1.165) is 17.4 Å². The van der Waals surface area contributed by atoms with Crippen LogP contribution in [0.1, 0.15) is 12.0 Å². The van der Waals surface area contributed by atoms with Gasteiger partial charge in [-0.15, -0.1) is 0 Å². The Bertz CT molecular complexity index is 727. The number of carbonyl (C=O) groups is 1. The van der Waals surface area contributed by atoms with E-state index in [1.807, 2.05) is 24.3 Å². The van der Waals surface area contributed by atoms with Crippen molar-refractivity contribution in [2.75, 3.05) is 26.2 Å². The first kappa shape index (κ1) is 17.9. The van der Waals surface area contributed by atoms with Crippen molar-refractivity contribution in [2.45, 2.75) is 13.0 Å². The van der Waals surface area contributed by atoms with Gasteiger partial charge < -0.3 is 9.64 Å². The Morgan fingerprint density at radius 1 is 1.08 bits per heavy atom. The van der Waals surface area contributed by atoms with Gasteiger partial charge in [-0.05, 0) is 36.8 Å². The van der Waals surface area contributed by atoms with Gasteiger partial charge in [0, 0.05) is 42.8 Å². The first-order chi connectivity index (χ1) is 12.1. The van der Waals surface area contributed by atoms with E-state index in [2.05, 4.69) is 20.8 Å². The number of hydrogen-bond acceptors (Lipinski definition) is 3. The second kappa shape index (κ2) is 8.45. The Hall–Kier alpha value is -1.92. The molecule has 6 heteroatoms. The highest BCUT2D eigenvalue weighted by atomic mass is 79.9. The second-order valence-corrected chi connectivity index (χ2v) is 6.95. The molecule has 0 radical (unpaired) electrons.